The highest BCUT2D eigenvalue weighted by Gasteiger charge is 2.22. The molecule has 0 bridgehead atoms. The Morgan fingerprint density at radius 1 is 1.69 bits per heavy atom. The number of Topliss-reactive ketones (excluding diaryl/α,β-unsaturated/α-hetero) is 1. The molecule has 0 amide bonds. The number of aliphatic hydroxyl groups is 1. The van der Waals surface area contributed by atoms with Crippen molar-refractivity contribution in [3.8, 4) is 0 Å². The van der Waals surface area contributed by atoms with Gasteiger partial charge in [-0.3, -0.25) is 4.79 Å². The summed E-state index contributed by atoms with van der Waals surface area (Å²) in [4.78, 5) is 17.6. The van der Waals surface area contributed by atoms with Gasteiger partial charge in [-0.15, -0.1) is 0 Å². The predicted molar refractivity (Wildman–Crippen MR) is 61.6 cm³/mol. The molecule has 1 aromatic heterocycles. The first-order chi connectivity index (χ1) is 7.70. The van der Waals surface area contributed by atoms with Crippen LogP contribution in [0.5, 0.6) is 0 Å². The average molecular weight is 220 g/mol. The molecule has 2 rings (SSSR count). The quantitative estimate of drug-likeness (QED) is 0.775. The number of hydrogen-bond acceptors (Lipinski definition) is 4. The van der Waals surface area contributed by atoms with Crippen molar-refractivity contribution in [2.75, 3.05) is 24.6 Å². The minimum absolute atomic E-state index is 0.0570. The third-order valence-electron chi connectivity index (χ3n) is 3.02. The largest absolute Gasteiger partial charge is 0.396 e. The summed E-state index contributed by atoms with van der Waals surface area (Å²) < 4.78 is 0. The molecule has 1 fully saturated rings. The van der Waals surface area contributed by atoms with E-state index in [1.165, 1.54) is 0 Å². The van der Waals surface area contributed by atoms with Crippen molar-refractivity contribution >= 4 is 11.6 Å². The van der Waals surface area contributed by atoms with E-state index in [-0.39, 0.29) is 12.4 Å². The van der Waals surface area contributed by atoms with E-state index >= 15 is 0 Å². The number of rotatable bonds is 3. The van der Waals surface area contributed by atoms with E-state index in [4.69, 9.17) is 5.11 Å². The Kier molecular flexibility index (Phi) is 3.19. The van der Waals surface area contributed by atoms with Gasteiger partial charge in [-0.05, 0) is 25.5 Å². The molecule has 1 saturated heterocycles. The third-order valence-corrected chi connectivity index (χ3v) is 3.02. The summed E-state index contributed by atoms with van der Waals surface area (Å²) in [6, 6.07) is 3.55. The van der Waals surface area contributed by atoms with Crippen molar-refractivity contribution in [2.24, 2.45) is 5.92 Å². The van der Waals surface area contributed by atoms with Crippen molar-refractivity contribution < 1.29 is 9.90 Å². The summed E-state index contributed by atoms with van der Waals surface area (Å²) >= 11 is 0. The molecular formula is C12H16N2O2. The molecular weight excluding hydrogens is 204 g/mol. The molecule has 1 aromatic rings. The first kappa shape index (κ1) is 11.1. The molecule has 1 aliphatic rings. The summed E-state index contributed by atoms with van der Waals surface area (Å²) in [6.45, 7) is 3.51. The van der Waals surface area contributed by atoms with E-state index in [0.717, 1.165) is 25.3 Å². The fraction of sp³-hybridized carbons (Fsp3) is 0.500. The van der Waals surface area contributed by atoms with E-state index in [1.54, 1.807) is 19.2 Å². The molecule has 0 aromatic carbocycles. The van der Waals surface area contributed by atoms with Crippen LogP contribution in [0, 0.1) is 5.92 Å². The summed E-state index contributed by atoms with van der Waals surface area (Å²) in [5, 5.41) is 9.07. The van der Waals surface area contributed by atoms with Crippen molar-refractivity contribution in [2.45, 2.75) is 13.3 Å². The van der Waals surface area contributed by atoms with E-state index in [9.17, 15) is 4.79 Å². The molecule has 1 unspecified atom stereocenters. The number of hydrogen-bond donors (Lipinski definition) is 1. The molecule has 0 aliphatic carbocycles. The SMILES string of the molecule is CC(=O)c1ccnc(N2CCC(CO)C2)c1. The molecule has 1 N–H and O–H groups in total. The predicted octanol–water partition coefficient (Wildman–Crippen LogP) is 1.10. The molecule has 0 spiro atoms. The average Bonchev–Trinajstić information content (AvgIpc) is 2.77. The van der Waals surface area contributed by atoms with E-state index in [1.807, 2.05) is 6.07 Å². The lowest BCUT2D eigenvalue weighted by molar-refractivity contribution is 0.101. The second-order valence-corrected chi connectivity index (χ2v) is 4.24. The van der Waals surface area contributed by atoms with Gasteiger partial charge in [-0.2, -0.15) is 0 Å². The van der Waals surface area contributed by atoms with Crippen LogP contribution in [0.3, 0.4) is 0 Å². The Bertz CT molecular complexity index is 392. The van der Waals surface area contributed by atoms with Crippen LogP contribution < -0.4 is 4.90 Å². The Labute approximate surface area is 94.9 Å². The maximum Gasteiger partial charge on any atom is 0.159 e. The van der Waals surface area contributed by atoms with Crippen molar-refractivity contribution in [3.05, 3.63) is 23.9 Å². The lowest BCUT2D eigenvalue weighted by Gasteiger charge is -2.17. The van der Waals surface area contributed by atoms with Crippen molar-refractivity contribution in [1.29, 1.82) is 0 Å². The zero-order valence-electron chi connectivity index (χ0n) is 9.39. The van der Waals surface area contributed by atoms with Gasteiger partial charge in [0.2, 0.25) is 0 Å². The number of ketones is 1. The number of aromatic nitrogens is 1. The Hall–Kier alpha value is -1.42. The van der Waals surface area contributed by atoms with E-state index < -0.39 is 0 Å². The zero-order chi connectivity index (χ0) is 11.5. The Morgan fingerprint density at radius 2 is 2.50 bits per heavy atom. The summed E-state index contributed by atoms with van der Waals surface area (Å²) in [5.74, 6) is 1.23. The van der Waals surface area contributed by atoms with Crippen LogP contribution in [0.25, 0.3) is 0 Å². The van der Waals surface area contributed by atoms with Gasteiger partial charge in [0.15, 0.2) is 5.78 Å². The molecule has 1 atom stereocenters. The van der Waals surface area contributed by atoms with Gasteiger partial charge < -0.3 is 10.0 Å². The normalized spacial score (nSPS) is 20.1. The molecule has 86 valence electrons. The first-order valence-electron chi connectivity index (χ1n) is 5.53. The van der Waals surface area contributed by atoms with Gasteiger partial charge in [0.1, 0.15) is 5.82 Å². The number of carbonyl (C=O) groups excluding carboxylic acids is 1. The maximum atomic E-state index is 11.2. The smallest absolute Gasteiger partial charge is 0.159 e. The number of aliphatic hydroxyl groups excluding tert-OH is 1. The van der Waals surface area contributed by atoms with Crippen LogP contribution in [0.4, 0.5) is 5.82 Å². The second kappa shape index (κ2) is 4.61. The fourth-order valence-electron chi connectivity index (χ4n) is 2.00. The Morgan fingerprint density at radius 3 is 3.12 bits per heavy atom. The molecule has 0 saturated carbocycles. The molecule has 16 heavy (non-hydrogen) atoms. The second-order valence-electron chi connectivity index (χ2n) is 4.24. The van der Waals surface area contributed by atoms with Crippen molar-refractivity contribution in [1.82, 2.24) is 4.98 Å². The van der Waals surface area contributed by atoms with E-state index in [2.05, 4.69) is 9.88 Å². The minimum Gasteiger partial charge on any atom is -0.396 e. The Balaban J connectivity index is 2.15. The van der Waals surface area contributed by atoms with Gasteiger partial charge in [0, 0.05) is 37.4 Å². The molecule has 2 heterocycles. The highest BCUT2D eigenvalue weighted by molar-refractivity contribution is 5.94. The van der Waals surface area contributed by atoms with Gasteiger partial charge in [0.25, 0.3) is 0 Å². The highest BCUT2D eigenvalue weighted by atomic mass is 16.3. The van der Waals surface area contributed by atoms with Crippen LogP contribution in [0.1, 0.15) is 23.7 Å². The summed E-state index contributed by atoms with van der Waals surface area (Å²) in [6.07, 6.45) is 2.65. The zero-order valence-corrected chi connectivity index (χ0v) is 9.39. The number of pyridine rings is 1. The van der Waals surface area contributed by atoms with Gasteiger partial charge in [-0.25, -0.2) is 4.98 Å². The number of nitrogens with zero attached hydrogens (tertiary/aromatic N) is 2. The highest BCUT2D eigenvalue weighted by Crippen LogP contribution is 2.22. The van der Waals surface area contributed by atoms with E-state index in [0.29, 0.717) is 11.5 Å². The maximum absolute atomic E-state index is 11.2. The van der Waals surface area contributed by atoms with Gasteiger partial charge in [-0.1, -0.05) is 0 Å². The summed E-state index contributed by atoms with van der Waals surface area (Å²) in [5.41, 5.74) is 0.692. The molecule has 4 nitrogen and oxygen atoms in total. The number of anilines is 1. The van der Waals surface area contributed by atoms with Crippen LogP contribution in [-0.4, -0.2) is 35.6 Å². The summed E-state index contributed by atoms with van der Waals surface area (Å²) in [7, 11) is 0. The van der Waals surface area contributed by atoms with Crippen LogP contribution in [0.15, 0.2) is 18.3 Å². The van der Waals surface area contributed by atoms with Crippen molar-refractivity contribution in [3.63, 3.8) is 0 Å². The monoisotopic (exact) mass is 220 g/mol. The first-order valence-corrected chi connectivity index (χ1v) is 5.53. The van der Waals surface area contributed by atoms with Crippen LogP contribution in [0.2, 0.25) is 0 Å². The topological polar surface area (TPSA) is 53.4 Å². The van der Waals surface area contributed by atoms with Crippen LogP contribution >= 0.6 is 0 Å². The lowest BCUT2D eigenvalue weighted by atomic mass is 10.1. The molecule has 0 radical (unpaired) electrons. The lowest BCUT2D eigenvalue weighted by Crippen LogP contribution is -2.21. The molecule has 1 aliphatic heterocycles. The van der Waals surface area contributed by atoms with Gasteiger partial charge >= 0.3 is 0 Å². The number of carbonyl (C=O) groups is 1. The van der Waals surface area contributed by atoms with Gasteiger partial charge in [0.05, 0.1) is 0 Å². The molecule has 4 heteroatoms. The van der Waals surface area contributed by atoms with Crippen LogP contribution in [-0.2, 0) is 0 Å². The minimum atomic E-state index is 0.0570. The third kappa shape index (κ3) is 2.22. The fourth-order valence-corrected chi connectivity index (χ4v) is 2.00. The standard InChI is InChI=1S/C12H16N2O2/c1-9(16)11-2-4-13-12(6-11)14-5-3-10(7-14)8-15/h2,4,6,10,15H,3,5,7-8H2,1H3.